The van der Waals surface area contributed by atoms with E-state index in [4.69, 9.17) is 4.74 Å². The monoisotopic (exact) mass is 434 g/mol. The van der Waals surface area contributed by atoms with Crippen LogP contribution in [0.4, 0.5) is 4.79 Å². The third kappa shape index (κ3) is 6.20. The molecule has 0 radical (unpaired) electrons. The highest BCUT2D eigenvalue weighted by molar-refractivity contribution is 5.95. The van der Waals surface area contributed by atoms with E-state index in [9.17, 15) is 9.59 Å². The molecule has 3 amide bonds. The molecule has 176 valence electrons. The van der Waals surface area contributed by atoms with Gasteiger partial charge in [0.1, 0.15) is 0 Å². The summed E-state index contributed by atoms with van der Waals surface area (Å²) < 4.78 is 5.84. The zero-order valence-electron chi connectivity index (χ0n) is 19.6. The van der Waals surface area contributed by atoms with Crippen molar-refractivity contribution in [2.45, 2.75) is 77.5 Å². The Balaban J connectivity index is 1.12. The minimum Gasteiger partial charge on any atom is -0.373 e. The lowest BCUT2D eigenvalue weighted by Crippen LogP contribution is -2.51. The summed E-state index contributed by atoms with van der Waals surface area (Å²) in [7, 11) is 0. The molecule has 0 aromatic heterocycles. The number of likely N-dealkylation sites (tertiary alicyclic amines) is 1. The summed E-state index contributed by atoms with van der Waals surface area (Å²) in [5.41, 5.74) is 0. The van der Waals surface area contributed by atoms with Crippen LogP contribution in [0.5, 0.6) is 0 Å². The van der Waals surface area contributed by atoms with Gasteiger partial charge in [-0.25, -0.2) is 4.79 Å². The standard InChI is InChI=1S/C24H42N4O3/c1-16-12-28(13-17(2)31-16)14-19-6-8-27(9-7-19)15-23(29)26-24(30)25-18(3)22-11-20-4-5-21(22)10-20/h16-22H,4-15H2,1-3H3,(H2,25,26,29,30). The average Bonchev–Trinajstić information content (AvgIpc) is 3.32. The largest absolute Gasteiger partial charge is 0.373 e. The third-order valence-corrected chi connectivity index (χ3v) is 8.13. The Morgan fingerprint density at radius 2 is 1.71 bits per heavy atom. The SMILES string of the molecule is CC1CN(CC2CCN(CC(=O)NC(=O)NC(C)C3CC4CCC3C4)CC2)CC(C)O1. The minimum atomic E-state index is -0.328. The van der Waals surface area contributed by atoms with E-state index in [2.05, 4.69) is 41.2 Å². The highest BCUT2D eigenvalue weighted by Crippen LogP contribution is 2.49. The van der Waals surface area contributed by atoms with Crippen molar-refractivity contribution in [3.63, 3.8) is 0 Å². The van der Waals surface area contributed by atoms with Gasteiger partial charge in [0, 0.05) is 25.7 Å². The van der Waals surface area contributed by atoms with E-state index >= 15 is 0 Å². The van der Waals surface area contributed by atoms with Gasteiger partial charge in [0.05, 0.1) is 18.8 Å². The van der Waals surface area contributed by atoms with Crippen molar-refractivity contribution in [2.24, 2.45) is 23.7 Å². The fraction of sp³-hybridized carbons (Fsp3) is 0.917. The second-order valence-electron chi connectivity index (χ2n) is 10.8. The molecular formula is C24H42N4O3. The second kappa shape index (κ2) is 10.2. The van der Waals surface area contributed by atoms with Gasteiger partial charge in [-0.2, -0.15) is 0 Å². The number of morpholine rings is 1. The Bertz CT molecular complexity index is 626. The van der Waals surface area contributed by atoms with Gasteiger partial charge in [0.25, 0.3) is 0 Å². The number of rotatable bonds is 6. The molecule has 7 nitrogen and oxygen atoms in total. The molecule has 6 atom stereocenters. The second-order valence-corrected chi connectivity index (χ2v) is 10.8. The molecule has 4 fully saturated rings. The number of amides is 3. The van der Waals surface area contributed by atoms with E-state index in [0.717, 1.165) is 57.4 Å². The number of imide groups is 1. The molecule has 2 N–H and O–H groups in total. The Morgan fingerprint density at radius 1 is 1.00 bits per heavy atom. The molecule has 2 aliphatic heterocycles. The molecule has 7 heteroatoms. The van der Waals surface area contributed by atoms with Crippen molar-refractivity contribution in [1.82, 2.24) is 20.4 Å². The van der Waals surface area contributed by atoms with Gasteiger partial charge in [-0.15, -0.1) is 0 Å². The molecule has 0 aromatic rings. The first kappa shape index (κ1) is 23.0. The molecule has 2 saturated heterocycles. The molecule has 2 heterocycles. The van der Waals surface area contributed by atoms with Crippen LogP contribution < -0.4 is 10.6 Å². The Morgan fingerprint density at radius 3 is 2.32 bits per heavy atom. The third-order valence-electron chi connectivity index (χ3n) is 8.13. The van der Waals surface area contributed by atoms with Crippen molar-refractivity contribution < 1.29 is 14.3 Å². The van der Waals surface area contributed by atoms with Crippen molar-refractivity contribution >= 4 is 11.9 Å². The number of nitrogens with zero attached hydrogens (tertiary/aromatic N) is 2. The number of ether oxygens (including phenoxy) is 1. The average molecular weight is 435 g/mol. The number of hydrogen-bond acceptors (Lipinski definition) is 5. The van der Waals surface area contributed by atoms with Crippen molar-refractivity contribution in [3.8, 4) is 0 Å². The molecular weight excluding hydrogens is 392 g/mol. The van der Waals surface area contributed by atoms with Gasteiger partial charge in [-0.05, 0) is 89.6 Å². The predicted molar refractivity (Wildman–Crippen MR) is 121 cm³/mol. The van der Waals surface area contributed by atoms with E-state index in [-0.39, 0.29) is 18.0 Å². The van der Waals surface area contributed by atoms with Crippen LogP contribution in [0.1, 0.15) is 59.3 Å². The van der Waals surface area contributed by atoms with Gasteiger partial charge in [-0.3, -0.25) is 19.9 Å². The molecule has 2 saturated carbocycles. The van der Waals surface area contributed by atoms with E-state index in [1.807, 2.05) is 0 Å². The molecule has 6 unspecified atom stereocenters. The number of carbonyl (C=O) groups is 2. The maximum atomic E-state index is 12.4. The van der Waals surface area contributed by atoms with Crippen LogP contribution in [0.3, 0.4) is 0 Å². The highest BCUT2D eigenvalue weighted by Gasteiger charge is 2.42. The summed E-state index contributed by atoms with van der Waals surface area (Å²) >= 11 is 0. The molecule has 31 heavy (non-hydrogen) atoms. The zero-order chi connectivity index (χ0) is 22.0. The molecule has 2 aliphatic carbocycles. The molecule has 4 rings (SSSR count). The summed E-state index contributed by atoms with van der Waals surface area (Å²) in [5, 5.41) is 5.59. The van der Waals surface area contributed by atoms with E-state index in [1.54, 1.807) is 0 Å². The first-order chi connectivity index (χ1) is 14.9. The number of hydrogen-bond donors (Lipinski definition) is 2. The van der Waals surface area contributed by atoms with E-state index < -0.39 is 0 Å². The lowest BCUT2D eigenvalue weighted by Gasteiger charge is -2.39. The predicted octanol–water partition coefficient (Wildman–Crippen LogP) is 2.46. The molecule has 0 spiro atoms. The number of piperidine rings is 1. The first-order valence-electron chi connectivity index (χ1n) is 12.6. The van der Waals surface area contributed by atoms with Crippen LogP contribution in [-0.4, -0.2) is 79.3 Å². The number of carbonyl (C=O) groups excluding carboxylic acids is 2. The maximum Gasteiger partial charge on any atom is 0.321 e. The van der Waals surface area contributed by atoms with Gasteiger partial charge in [0.15, 0.2) is 0 Å². The molecule has 0 aromatic carbocycles. The fourth-order valence-corrected chi connectivity index (χ4v) is 6.75. The van der Waals surface area contributed by atoms with Crippen LogP contribution in [0, 0.1) is 23.7 Å². The quantitative estimate of drug-likeness (QED) is 0.672. The minimum absolute atomic E-state index is 0.143. The summed E-state index contributed by atoms with van der Waals surface area (Å²) in [4.78, 5) is 29.4. The van der Waals surface area contributed by atoms with E-state index in [0.29, 0.717) is 30.6 Å². The van der Waals surface area contributed by atoms with Crippen molar-refractivity contribution in [2.75, 3.05) is 39.3 Å². The van der Waals surface area contributed by atoms with Crippen LogP contribution in [0.25, 0.3) is 0 Å². The Labute approximate surface area is 187 Å². The van der Waals surface area contributed by atoms with Gasteiger partial charge in [-0.1, -0.05) is 6.42 Å². The zero-order valence-corrected chi connectivity index (χ0v) is 19.6. The highest BCUT2D eigenvalue weighted by atomic mass is 16.5. The van der Waals surface area contributed by atoms with Gasteiger partial charge < -0.3 is 10.1 Å². The van der Waals surface area contributed by atoms with Crippen LogP contribution in [0.2, 0.25) is 0 Å². The van der Waals surface area contributed by atoms with Gasteiger partial charge in [0.2, 0.25) is 5.91 Å². The van der Waals surface area contributed by atoms with Crippen LogP contribution >= 0.6 is 0 Å². The van der Waals surface area contributed by atoms with Gasteiger partial charge >= 0.3 is 6.03 Å². The lowest BCUT2D eigenvalue weighted by molar-refractivity contribution is -0.121. The number of fused-ring (bicyclic) bond motifs is 2. The fourth-order valence-electron chi connectivity index (χ4n) is 6.75. The summed E-state index contributed by atoms with van der Waals surface area (Å²) in [6, 6.07) is -0.185. The summed E-state index contributed by atoms with van der Waals surface area (Å²) in [6.45, 7) is 11.7. The molecule has 4 aliphatic rings. The first-order valence-corrected chi connectivity index (χ1v) is 12.6. The normalized spacial score (nSPS) is 35.8. The topological polar surface area (TPSA) is 73.9 Å². The van der Waals surface area contributed by atoms with Crippen molar-refractivity contribution in [1.29, 1.82) is 0 Å². The Hall–Kier alpha value is -1.18. The Kier molecular flexibility index (Phi) is 7.55. The maximum absolute atomic E-state index is 12.4. The van der Waals surface area contributed by atoms with Crippen molar-refractivity contribution in [3.05, 3.63) is 0 Å². The van der Waals surface area contributed by atoms with E-state index in [1.165, 1.54) is 25.7 Å². The smallest absolute Gasteiger partial charge is 0.321 e. The summed E-state index contributed by atoms with van der Waals surface area (Å²) in [6.07, 6.45) is 8.08. The number of urea groups is 1. The molecule has 2 bridgehead atoms. The van der Waals surface area contributed by atoms with Crippen LogP contribution in [-0.2, 0) is 9.53 Å². The number of nitrogens with one attached hydrogen (secondary N) is 2. The summed E-state index contributed by atoms with van der Waals surface area (Å²) in [5.74, 6) is 2.70. The van der Waals surface area contributed by atoms with Crippen LogP contribution in [0.15, 0.2) is 0 Å². The lowest BCUT2D eigenvalue weighted by atomic mass is 9.84.